The number of rotatable bonds is 3. The van der Waals surface area contributed by atoms with Gasteiger partial charge in [0.25, 0.3) is 0 Å². The minimum absolute atomic E-state index is 0.872. The first-order valence-electron chi connectivity index (χ1n) is 4.28. The molecule has 0 fully saturated rings. The number of methoxy groups -OCH3 is 1. The predicted octanol–water partition coefficient (Wildman–Crippen LogP) is 0.00170. The van der Waals surface area contributed by atoms with Crippen molar-refractivity contribution in [2.75, 3.05) is 7.11 Å². The molecule has 0 aromatic heterocycles. The van der Waals surface area contributed by atoms with E-state index in [2.05, 4.69) is 4.74 Å². The molecule has 0 radical (unpaired) electrons. The van der Waals surface area contributed by atoms with Gasteiger partial charge in [0.1, 0.15) is 0 Å². The summed E-state index contributed by atoms with van der Waals surface area (Å²) < 4.78 is 4.35. The smallest absolute Gasteiger partial charge is 0.388 e. The number of carbonyl (C=O) groups is 2. The zero-order chi connectivity index (χ0) is 12.3. The maximum absolute atomic E-state index is 11.3. The van der Waals surface area contributed by atoms with Crippen molar-refractivity contribution in [3.63, 3.8) is 0 Å². The van der Waals surface area contributed by atoms with Crippen LogP contribution in [0.1, 0.15) is 0 Å². The van der Waals surface area contributed by atoms with Crippen LogP contribution in [0.5, 0.6) is 0 Å². The topological polar surface area (TPSA) is 107 Å². The molecule has 0 aromatic rings. The maximum Gasteiger partial charge on any atom is 0.388 e. The van der Waals surface area contributed by atoms with Crippen molar-refractivity contribution in [3.8, 4) is 0 Å². The number of allylic oxidation sites excluding steroid dienone is 2. The van der Waals surface area contributed by atoms with Gasteiger partial charge >= 0.3 is 17.5 Å². The first kappa shape index (κ1) is 11.9. The summed E-state index contributed by atoms with van der Waals surface area (Å²) >= 11 is 0. The second kappa shape index (κ2) is 4.13. The molecule has 7 nitrogen and oxygen atoms in total. The molecule has 2 unspecified atom stereocenters. The molecular weight excluding hydrogens is 218 g/mol. The van der Waals surface area contributed by atoms with E-state index in [4.69, 9.17) is 5.11 Å². The molecule has 0 spiro atoms. The van der Waals surface area contributed by atoms with Crippen molar-refractivity contribution in [2.45, 2.75) is 5.54 Å². The van der Waals surface area contributed by atoms with Gasteiger partial charge in [-0.05, 0) is 0 Å². The van der Waals surface area contributed by atoms with E-state index in [0.29, 0.717) is 0 Å². The number of hydrogen-bond donors (Lipinski definition) is 1. The summed E-state index contributed by atoms with van der Waals surface area (Å²) in [6.45, 7) is 0. The third kappa shape index (κ3) is 1.56. The monoisotopic (exact) mass is 227 g/mol. The second-order valence-corrected chi connectivity index (χ2v) is 3.13. The minimum atomic E-state index is -2.48. The largest absolute Gasteiger partial charge is 0.476 e. The lowest BCUT2D eigenvalue weighted by Gasteiger charge is -2.24. The van der Waals surface area contributed by atoms with Crippen LogP contribution in [0.15, 0.2) is 24.3 Å². The number of nitrogens with zero attached hydrogens (tertiary/aromatic N) is 1. The first-order valence-corrected chi connectivity index (χ1v) is 4.28. The van der Waals surface area contributed by atoms with Crippen LogP contribution < -0.4 is 0 Å². The van der Waals surface area contributed by atoms with Crippen molar-refractivity contribution < 1.29 is 24.4 Å². The molecular formula is C9H9NO6. The summed E-state index contributed by atoms with van der Waals surface area (Å²) in [5.74, 6) is -4.12. The highest BCUT2D eigenvalue weighted by Gasteiger charge is 2.59. The highest BCUT2D eigenvalue weighted by atomic mass is 16.6. The second-order valence-electron chi connectivity index (χ2n) is 3.13. The van der Waals surface area contributed by atoms with Crippen molar-refractivity contribution in [1.82, 2.24) is 0 Å². The lowest BCUT2D eigenvalue weighted by atomic mass is 9.81. The zero-order valence-electron chi connectivity index (χ0n) is 8.32. The molecule has 16 heavy (non-hydrogen) atoms. The van der Waals surface area contributed by atoms with Crippen LogP contribution >= 0.6 is 0 Å². The number of carbonyl (C=O) groups excluding carboxylic acids is 1. The van der Waals surface area contributed by atoms with Crippen molar-refractivity contribution >= 4 is 11.9 Å². The highest BCUT2D eigenvalue weighted by Crippen LogP contribution is 2.29. The molecule has 0 saturated carbocycles. The molecule has 7 heteroatoms. The molecule has 0 aromatic carbocycles. The average molecular weight is 227 g/mol. The third-order valence-corrected chi connectivity index (χ3v) is 2.34. The predicted molar refractivity (Wildman–Crippen MR) is 51.1 cm³/mol. The van der Waals surface area contributed by atoms with Gasteiger partial charge in [0, 0.05) is 11.0 Å². The fraction of sp³-hybridized carbons (Fsp3) is 0.333. The Bertz CT molecular complexity index is 383. The number of carboxylic acid groups (broad SMARTS) is 1. The van der Waals surface area contributed by atoms with Crippen molar-refractivity contribution in [2.24, 2.45) is 5.92 Å². The van der Waals surface area contributed by atoms with Crippen LogP contribution in [0.2, 0.25) is 0 Å². The lowest BCUT2D eigenvalue weighted by Crippen LogP contribution is -2.54. The van der Waals surface area contributed by atoms with E-state index in [1.165, 1.54) is 12.2 Å². The number of aliphatic carboxylic acids is 1. The zero-order valence-corrected chi connectivity index (χ0v) is 8.32. The van der Waals surface area contributed by atoms with E-state index in [0.717, 1.165) is 19.3 Å². The van der Waals surface area contributed by atoms with Crippen LogP contribution in [0, 0.1) is 16.0 Å². The van der Waals surface area contributed by atoms with E-state index in [-0.39, 0.29) is 0 Å². The molecule has 86 valence electrons. The Labute approximate surface area is 90.2 Å². The maximum atomic E-state index is 11.3. The molecule has 0 bridgehead atoms. The first-order chi connectivity index (χ1) is 7.46. The number of ether oxygens (including phenoxy) is 1. The molecule has 0 aliphatic heterocycles. The summed E-state index contributed by atoms with van der Waals surface area (Å²) in [6.07, 6.45) is 4.60. The summed E-state index contributed by atoms with van der Waals surface area (Å²) in [6, 6.07) is 0. The minimum Gasteiger partial charge on any atom is -0.476 e. The lowest BCUT2D eigenvalue weighted by molar-refractivity contribution is -0.546. The number of esters is 1. The molecule has 0 saturated heterocycles. The molecule has 0 amide bonds. The Morgan fingerprint density at radius 1 is 1.50 bits per heavy atom. The van der Waals surface area contributed by atoms with Gasteiger partial charge < -0.3 is 9.84 Å². The van der Waals surface area contributed by atoms with Gasteiger partial charge in [0.05, 0.1) is 7.11 Å². The number of hydrogen-bond acceptors (Lipinski definition) is 5. The SMILES string of the molecule is COC(=O)C1C=CC=CC1(C(=O)O)[N+](=O)[O-]. The van der Waals surface area contributed by atoms with E-state index in [9.17, 15) is 19.7 Å². The van der Waals surface area contributed by atoms with Crippen LogP contribution in [0.25, 0.3) is 0 Å². The van der Waals surface area contributed by atoms with Gasteiger partial charge in [-0.15, -0.1) is 0 Å². The Morgan fingerprint density at radius 3 is 2.56 bits per heavy atom. The van der Waals surface area contributed by atoms with Gasteiger partial charge in [-0.1, -0.05) is 18.2 Å². The van der Waals surface area contributed by atoms with Gasteiger partial charge in [-0.25, -0.2) is 4.79 Å². The Balaban J connectivity index is 3.29. The van der Waals surface area contributed by atoms with Crippen LogP contribution in [0.3, 0.4) is 0 Å². The molecule has 1 aliphatic carbocycles. The van der Waals surface area contributed by atoms with Crippen LogP contribution in [-0.4, -0.2) is 34.6 Å². The molecule has 2 atom stereocenters. The average Bonchev–Trinajstić information content (AvgIpc) is 2.27. The van der Waals surface area contributed by atoms with Gasteiger partial charge in [0.2, 0.25) is 0 Å². The Hall–Kier alpha value is -2.18. The van der Waals surface area contributed by atoms with Crippen LogP contribution in [0.4, 0.5) is 0 Å². The molecule has 1 aliphatic rings. The standard InChI is InChI=1S/C9H9NO6/c1-16-7(11)6-4-2-3-5-9(6,8(12)13)10(14)15/h2-6H,1H3,(H,12,13). The summed E-state index contributed by atoms with van der Waals surface area (Å²) in [4.78, 5) is 32.2. The fourth-order valence-electron chi connectivity index (χ4n) is 1.47. The van der Waals surface area contributed by atoms with Crippen molar-refractivity contribution in [1.29, 1.82) is 0 Å². The van der Waals surface area contributed by atoms with E-state index in [1.54, 1.807) is 0 Å². The Kier molecular flexibility index (Phi) is 3.07. The summed E-state index contributed by atoms with van der Waals surface area (Å²) in [5.41, 5.74) is -2.48. The number of nitro groups is 1. The van der Waals surface area contributed by atoms with E-state index < -0.39 is 28.3 Å². The Morgan fingerprint density at radius 2 is 2.12 bits per heavy atom. The number of carboxylic acids is 1. The highest BCUT2D eigenvalue weighted by molar-refractivity contribution is 5.90. The van der Waals surface area contributed by atoms with Crippen LogP contribution in [-0.2, 0) is 14.3 Å². The van der Waals surface area contributed by atoms with Crippen molar-refractivity contribution in [3.05, 3.63) is 34.4 Å². The van der Waals surface area contributed by atoms with Gasteiger partial charge in [0.15, 0.2) is 5.92 Å². The summed E-state index contributed by atoms with van der Waals surface area (Å²) in [5, 5.41) is 19.8. The molecule has 1 N–H and O–H groups in total. The third-order valence-electron chi connectivity index (χ3n) is 2.34. The normalized spacial score (nSPS) is 27.4. The fourth-order valence-corrected chi connectivity index (χ4v) is 1.47. The molecule has 1 rings (SSSR count). The van der Waals surface area contributed by atoms with E-state index in [1.807, 2.05) is 0 Å². The van der Waals surface area contributed by atoms with E-state index >= 15 is 0 Å². The van der Waals surface area contributed by atoms with Gasteiger partial charge in [-0.3, -0.25) is 14.9 Å². The van der Waals surface area contributed by atoms with Gasteiger partial charge in [-0.2, -0.15) is 0 Å². The molecule has 0 heterocycles. The summed E-state index contributed by atoms with van der Waals surface area (Å²) in [7, 11) is 1.04. The quantitative estimate of drug-likeness (QED) is 0.413.